The Hall–Kier alpha value is -1.22. The van der Waals surface area contributed by atoms with Crippen molar-refractivity contribution in [3.05, 3.63) is 36.4 Å². The molecule has 0 saturated carbocycles. The van der Waals surface area contributed by atoms with Gasteiger partial charge in [0.2, 0.25) is 0 Å². The van der Waals surface area contributed by atoms with E-state index < -0.39 is 13.9 Å². The second kappa shape index (κ2) is 22.4. The summed E-state index contributed by atoms with van der Waals surface area (Å²) in [7, 11) is -4.45. The lowest BCUT2D eigenvalue weighted by molar-refractivity contribution is -0.226. The number of phosphoric acid groups is 1. The van der Waals surface area contributed by atoms with Gasteiger partial charge in [-0.2, -0.15) is 0 Å². The van der Waals surface area contributed by atoms with E-state index in [1.807, 2.05) is 30.3 Å². The number of halogens is 1. The van der Waals surface area contributed by atoms with Crippen molar-refractivity contribution in [1.29, 1.82) is 0 Å². The number of rotatable bonds is 26. The van der Waals surface area contributed by atoms with Crippen LogP contribution in [0.4, 0.5) is 0 Å². The molecule has 8 nitrogen and oxygen atoms in total. The summed E-state index contributed by atoms with van der Waals surface area (Å²) < 4.78 is 38.9. The highest BCUT2D eigenvalue weighted by Crippen LogP contribution is 2.38. The van der Waals surface area contributed by atoms with E-state index >= 15 is 0 Å². The SMILES string of the molecule is CCCCCCCCCCCCCCCCOCC(COP(=O)([O-])OCCBr)Oc1cc(-c2ccccc2)on1. The number of ether oxygens (including phenoxy) is 2. The molecule has 0 bridgehead atoms. The molecule has 2 rings (SSSR count). The van der Waals surface area contributed by atoms with Crippen molar-refractivity contribution in [3.8, 4) is 17.2 Å². The molecule has 1 aromatic carbocycles. The summed E-state index contributed by atoms with van der Waals surface area (Å²) >= 11 is 3.13. The summed E-state index contributed by atoms with van der Waals surface area (Å²) in [5.41, 5.74) is 0.860. The summed E-state index contributed by atoms with van der Waals surface area (Å²) in [5.74, 6) is 0.781. The second-order valence-electron chi connectivity index (χ2n) is 10.1. The second-order valence-corrected chi connectivity index (χ2v) is 12.3. The van der Waals surface area contributed by atoms with E-state index in [1.165, 1.54) is 77.0 Å². The molecule has 0 amide bonds. The van der Waals surface area contributed by atoms with Crippen LogP contribution in [0.1, 0.15) is 96.8 Å². The molecule has 1 heterocycles. The lowest BCUT2D eigenvalue weighted by atomic mass is 10.0. The van der Waals surface area contributed by atoms with Gasteiger partial charge in [0, 0.05) is 23.6 Å². The van der Waals surface area contributed by atoms with E-state index in [9.17, 15) is 9.46 Å². The van der Waals surface area contributed by atoms with Crippen LogP contribution in [0.2, 0.25) is 0 Å². The molecule has 0 aliphatic carbocycles. The molecule has 228 valence electrons. The fraction of sp³-hybridized carbons (Fsp3) is 0.700. The van der Waals surface area contributed by atoms with Crippen molar-refractivity contribution in [2.45, 2.75) is 103 Å². The van der Waals surface area contributed by atoms with E-state index in [2.05, 4.69) is 28.0 Å². The predicted octanol–water partition coefficient (Wildman–Crippen LogP) is 8.48. The van der Waals surface area contributed by atoms with Gasteiger partial charge in [0.05, 0.1) is 19.8 Å². The zero-order valence-corrected chi connectivity index (χ0v) is 26.6. The molecule has 0 fully saturated rings. The van der Waals surface area contributed by atoms with Crippen molar-refractivity contribution in [3.63, 3.8) is 0 Å². The molecule has 2 aromatic rings. The lowest BCUT2D eigenvalue weighted by Gasteiger charge is -2.25. The van der Waals surface area contributed by atoms with E-state index in [-0.39, 0.29) is 25.7 Å². The van der Waals surface area contributed by atoms with Gasteiger partial charge in [-0.3, -0.25) is 4.57 Å². The Balaban J connectivity index is 1.63. The van der Waals surface area contributed by atoms with Gasteiger partial charge < -0.3 is 27.9 Å². The summed E-state index contributed by atoms with van der Waals surface area (Å²) in [4.78, 5) is 12.0. The largest absolute Gasteiger partial charge is 0.756 e. The van der Waals surface area contributed by atoms with E-state index in [1.54, 1.807) is 6.07 Å². The first-order chi connectivity index (χ1) is 19.5. The number of hydrogen-bond acceptors (Lipinski definition) is 8. The highest BCUT2D eigenvalue weighted by molar-refractivity contribution is 9.09. The maximum absolute atomic E-state index is 12.0. The van der Waals surface area contributed by atoms with Crippen LogP contribution in [0.5, 0.6) is 5.88 Å². The molecule has 10 heteroatoms. The Labute approximate surface area is 249 Å². The van der Waals surface area contributed by atoms with Gasteiger partial charge in [0.25, 0.3) is 13.7 Å². The van der Waals surface area contributed by atoms with Crippen LogP contribution in [0, 0.1) is 0 Å². The van der Waals surface area contributed by atoms with Gasteiger partial charge in [0.15, 0.2) is 5.76 Å². The molecule has 0 spiro atoms. The van der Waals surface area contributed by atoms with Gasteiger partial charge in [-0.05, 0) is 11.6 Å². The van der Waals surface area contributed by atoms with Crippen LogP contribution in [0.3, 0.4) is 0 Å². The molecule has 2 unspecified atom stereocenters. The first-order valence-electron chi connectivity index (χ1n) is 15.0. The monoisotopic (exact) mass is 644 g/mol. The average Bonchev–Trinajstić information content (AvgIpc) is 3.43. The van der Waals surface area contributed by atoms with Crippen LogP contribution in [0.15, 0.2) is 40.9 Å². The summed E-state index contributed by atoms with van der Waals surface area (Å²) in [5, 5.41) is 4.34. The Bertz CT molecular complexity index is 914. The van der Waals surface area contributed by atoms with Gasteiger partial charge in [-0.25, -0.2) is 0 Å². The Morgan fingerprint density at radius 1 is 0.850 bits per heavy atom. The molecule has 2 atom stereocenters. The minimum Gasteiger partial charge on any atom is -0.756 e. The molecular formula is C30H48BrNO7P-. The van der Waals surface area contributed by atoms with Gasteiger partial charge in [-0.15, -0.1) is 0 Å². The third-order valence-electron chi connectivity index (χ3n) is 6.53. The zero-order valence-electron chi connectivity index (χ0n) is 24.1. The first kappa shape index (κ1) is 35.0. The maximum atomic E-state index is 12.0. The zero-order chi connectivity index (χ0) is 28.7. The minimum atomic E-state index is -4.45. The first-order valence-corrected chi connectivity index (χ1v) is 17.5. The topological polar surface area (TPSA) is 103 Å². The van der Waals surface area contributed by atoms with Crippen molar-refractivity contribution in [1.82, 2.24) is 5.16 Å². The maximum Gasteiger partial charge on any atom is 0.268 e. The molecule has 0 radical (unpaired) electrons. The van der Waals surface area contributed by atoms with Gasteiger partial charge in [-0.1, -0.05) is 137 Å². The average molecular weight is 646 g/mol. The number of alkyl halides is 1. The molecule has 0 saturated heterocycles. The van der Waals surface area contributed by atoms with E-state index in [0.29, 0.717) is 17.7 Å². The molecular weight excluding hydrogens is 597 g/mol. The number of unbranched alkanes of at least 4 members (excludes halogenated alkanes) is 13. The van der Waals surface area contributed by atoms with Crippen molar-refractivity contribution < 1.29 is 32.5 Å². The van der Waals surface area contributed by atoms with Crippen LogP contribution < -0.4 is 9.63 Å². The van der Waals surface area contributed by atoms with Crippen LogP contribution in [-0.4, -0.2) is 43.0 Å². The minimum absolute atomic E-state index is 0.00829. The van der Waals surface area contributed by atoms with Crippen molar-refractivity contribution >= 4 is 23.8 Å². The Morgan fingerprint density at radius 2 is 1.45 bits per heavy atom. The third-order valence-corrected chi connectivity index (χ3v) is 7.81. The number of hydrogen-bond donors (Lipinski definition) is 0. The van der Waals surface area contributed by atoms with Gasteiger partial charge >= 0.3 is 0 Å². The highest BCUT2D eigenvalue weighted by Gasteiger charge is 2.19. The lowest BCUT2D eigenvalue weighted by Crippen LogP contribution is -2.29. The number of aromatic nitrogens is 1. The van der Waals surface area contributed by atoms with Crippen LogP contribution in [0.25, 0.3) is 11.3 Å². The summed E-state index contributed by atoms with van der Waals surface area (Å²) in [6.45, 7) is 2.73. The summed E-state index contributed by atoms with van der Waals surface area (Å²) in [6.07, 6.45) is 17.5. The van der Waals surface area contributed by atoms with Crippen LogP contribution in [-0.2, 0) is 18.3 Å². The normalized spacial score (nSPS) is 13.8. The van der Waals surface area contributed by atoms with E-state index in [4.69, 9.17) is 23.0 Å². The predicted molar refractivity (Wildman–Crippen MR) is 161 cm³/mol. The Kier molecular flexibility index (Phi) is 19.6. The molecule has 40 heavy (non-hydrogen) atoms. The fourth-order valence-corrected chi connectivity index (χ4v) is 5.46. The Morgan fingerprint density at radius 3 is 2.05 bits per heavy atom. The molecule has 0 aliphatic rings. The highest BCUT2D eigenvalue weighted by atomic mass is 79.9. The van der Waals surface area contributed by atoms with Gasteiger partial charge in [0.1, 0.15) is 6.10 Å². The fourth-order valence-electron chi connectivity index (χ4n) is 4.31. The van der Waals surface area contributed by atoms with Crippen LogP contribution >= 0.6 is 23.8 Å². The smallest absolute Gasteiger partial charge is 0.268 e. The standard InChI is InChI=1S/C30H49BrNO7P/c1-2-3-4-5-6-7-8-9-10-11-12-13-14-18-22-35-25-28(26-37-40(33,34)36-23-21-31)38-30-24-29(39-32-30)27-19-16-15-17-20-27/h15-17,19-20,24,28H,2-14,18,21-23,25-26H2,1H3,(H,33,34)/p-1. The molecule has 0 N–H and O–H groups in total. The molecule has 1 aromatic heterocycles. The number of nitrogens with zero attached hydrogens (tertiary/aromatic N) is 1. The quantitative estimate of drug-likeness (QED) is 0.0570. The van der Waals surface area contributed by atoms with E-state index in [0.717, 1.165) is 18.4 Å². The number of benzene rings is 1. The van der Waals surface area contributed by atoms with Crippen molar-refractivity contribution in [2.24, 2.45) is 0 Å². The third kappa shape index (κ3) is 16.9. The summed E-state index contributed by atoms with van der Waals surface area (Å²) in [6, 6.07) is 11.2. The van der Waals surface area contributed by atoms with Crippen molar-refractivity contribution in [2.75, 3.05) is 31.8 Å². The number of phosphoric ester groups is 1. The molecule has 0 aliphatic heterocycles.